The molecule has 37 heavy (non-hydrogen) atoms. The van der Waals surface area contributed by atoms with Gasteiger partial charge in [-0.2, -0.15) is 0 Å². The molecule has 1 fully saturated rings. The lowest BCUT2D eigenvalue weighted by molar-refractivity contribution is -0.122. The molecule has 0 aliphatic carbocycles. The third kappa shape index (κ3) is 6.24. The molecule has 1 heterocycles. The normalized spacial score (nSPS) is 14.5. The molecule has 4 rings (SSSR count). The van der Waals surface area contributed by atoms with Gasteiger partial charge in [-0.15, -0.1) is 0 Å². The summed E-state index contributed by atoms with van der Waals surface area (Å²) < 4.78 is 20.1. The van der Waals surface area contributed by atoms with Crippen molar-refractivity contribution in [2.45, 2.75) is 0 Å². The van der Waals surface area contributed by atoms with Gasteiger partial charge in [0.1, 0.15) is 17.1 Å². The van der Waals surface area contributed by atoms with Crippen LogP contribution in [0.2, 0.25) is 5.02 Å². The number of nitrogens with one attached hydrogen (secondary N) is 2. The van der Waals surface area contributed by atoms with Crippen molar-refractivity contribution < 1.29 is 28.3 Å². The summed E-state index contributed by atoms with van der Waals surface area (Å²) in [5.74, 6) is -2.68. The molecule has 188 valence electrons. The number of ether oxygens (including phenoxy) is 1. The number of urea groups is 1. The number of amides is 5. The topological polar surface area (TPSA) is 105 Å². The summed E-state index contributed by atoms with van der Waals surface area (Å²) in [5.41, 5.74) is 0.496. The lowest BCUT2D eigenvalue weighted by Crippen LogP contribution is -2.54. The monoisotopic (exact) mass is 649 g/mol. The Labute approximate surface area is 231 Å². The summed E-state index contributed by atoms with van der Waals surface area (Å²) in [6.45, 7) is -0.390. The zero-order valence-corrected chi connectivity index (χ0v) is 22.5. The number of nitrogens with zero attached hydrogens (tertiary/aromatic N) is 1. The number of imide groups is 2. The molecular weight excluding hydrogens is 637 g/mol. The van der Waals surface area contributed by atoms with Crippen LogP contribution in [0.4, 0.5) is 20.6 Å². The zero-order valence-electron chi connectivity index (χ0n) is 18.6. The zero-order chi connectivity index (χ0) is 26.7. The van der Waals surface area contributed by atoms with Crippen LogP contribution >= 0.6 is 43.5 Å². The van der Waals surface area contributed by atoms with Crippen LogP contribution in [0.3, 0.4) is 0 Å². The summed E-state index contributed by atoms with van der Waals surface area (Å²) in [6.07, 6.45) is 1.24. The highest BCUT2D eigenvalue weighted by atomic mass is 79.9. The average molecular weight is 652 g/mol. The third-order valence-electron chi connectivity index (χ3n) is 5.00. The number of anilines is 2. The number of barbiturate groups is 1. The Morgan fingerprint density at radius 3 is 2.41 bits per heavy atom. The molecule has 12 heteroatoms. The van der Waals surface area contributed by atoms with E-state index in [-0.39, 0.29) is 29.2 Å². The van der Waals surface area contributed by atoms with Crippen LogP contribution < -0.4 is 20.3 Å². The molecule has 3 aromatic rings. The number of halogens is 4. The van der Waals surface area contributed by atoms with Crippen molar-refractivity contribution in [3.63, 3.8) is 0 Å². The molecule has 0 bridgehead atoms. The number of hydrogen-bond donors (Lipinski definition) is 2. The highest BCUT2D eigenvalue weighted by Gasteiger charge is 2.37. The van der Waals surface area contributed by atoms with Gasteiger partial charge in [-0.1, -0.05) is 27.5 Å². The maximum Gasteiger partial charge on any atom is 0.335 e. The van der Waals surface area contributed by atoms with Crippen molar-refractivity contribution in [1.82, 2.24) is 5.32 Å². The largest absolute Gasteiger partial charge is 0.482 e. The van der Waals surface area contributed by atoms with E-state index in [1.54, 1.807) is 36.4 Å². The van der Waals surface area contributed by atoms with Gasteiger partial charge in [0.05, 0.1) is 10.2 Å². The molecule has 1 aliphatic rings. The molecule has 0 unspecified atom stereocenters. The first-order valence-electron chi connectivity index (χ1n) is 10.5. The Morgan fingerprint density at radius 1 is 1.05 bits per heavy atom. The Hall–Kier alpha value is -3.54. The Bertz CT molecular complexity index is 1450. The van der Waals surface area contributed by atoms with Gasteiger partial charge in [0.25, 0.3) is 17.7 Å². The van der Waals surface area contributed by atoms with E-state index in [9.17, 15) is 23.6 Å². The first-order chi connectivity index (χ1) is 17.6. The van der Waals surface area contributed by atoms with Gasteiger partial charge in [-0.3, -0.25) is 19.7 Å². The average Bonchev–Trinajstić information content (AvgIpc) is 2.83. The number of carbonyl (C=O) groups excluding carboxylic acids is 4. The van der Waals surface area contributed by atoms with E-state index < -0.39 is 29.6 Å². The molecule has 1 aliphatic heterocycles. The fourth-order valence-corrected chi connectivity index (χ4v) is 4.84. The highest BCUT2D eigenvalue weighted by molar-refractivity contribution is 9.11. The molecule has 5 amide bonds. The van der Waals surface area contributed by atoms with Gasteiger partial charge in [-0.05, 0) is 82.7 Å². The smallest absolute Gasteiger partial charge is 0.335 e. The van der Waals surface area contributed by atoms with E-state index in [0.29, 0.717) is 19.7 Å². The van der Waals surface area contributed by atoms with Crippen molar-refractivity contribution in [2.75, 3.05) is 16.8 Å². The molecule has 3 aromatic carbocycles. The van der Waals surface area contributed by atoms with Crippen molar-refractivity contribution in [2.24, 2.45) is 0 Å². The van der Waals surface area contributed by atoms with Crippen LogP contribution in [0.25, 0.3) is 6.08 Å². The first kappa shape index (κ1) is 26.5. The summed E-state index contributed by atoms with van der Waals surface area (Å²) >= 11 is 12.6. The van der Waals surface area contributed by atoms with Crippen LogP contribution in [0.15, 0.2) is 75.2 Å². The third-order valence-corrected chi connectivity index (χ3v) is 6.30. The van der Waals surface area contributed by atoms with E-state index in [2.05, 4.69) is 42.5 Å². The second-order valence-electron chi connectivity index (χ2n) is 7.58. The number of hydrogen-bond acceptors (Lipinski definition) is 5. The molecule has 0 aromatic heterocycles. The molecule has 0 radical (unpaired) electrons. The maximum absolute atomic E-state index is 13.3. The van der Waals surface area contributed by atoms with Gasteiger partial charge in [0.15, 0.2) is 6.61 Å². The van der Waals surface area contributed by atoms with Gasteiger partial charge < -0.3 is 10.1 Å². The van der Waals surface area contributed by atoms with Crippen LogP contribution in [0.5, 0.6) is 5.75 Å². The van der Waals surface area contributed by atoms with Crippen molar-refractivity contribution in [3.05, 3.63) is 91.6 Å². The summed E-state index contributed by atoms with van der Waals surface area (Å²) in [6, 6.07) is 13.4. The van der Waals surface area contributed by atoms with E-state index in [1.165, 1.54) is 18.2 Å². The number of benzene rings is 3. The molecule has 1 saturated heterocycles. The standard InChI is InChI=1S/C25H15Br2ClFN3O5/c26-14-9-13(22(20(27)11-14)37-12-21(33)30-17-5-1-15(28)2-6-17)10-19-23(34)31-25(36)32(24(19)35)18-7-3-16(29)4-8-18/h1-11H,12H2,(H,30,33)(H,31,34,36)/b19-10+. The van der Waals surface area contributed by atoms with E-state index >= 15 is 0 Å². The minimum Gasteiger partial charge on any atom is -0.482 e. The fourth-order valence-electron chi connectivity index (χ4n) is 3.35. The lowest BCUT2D eigenvalue weighted by atomic mass is 10.1. The van der Waals surface area contributed by atoms with Crippen molar-refractivity contribution in [1.29, 1.82) is 0 Å². The summed E-state index contributed by atoms with van der Waals surface area (Å²) in [5, 5.41) is 5.29. The van der Waals surface area contributed by atoms with Crippen LogP contribution in [-0.2, 0) is 14.4 Å². The highest BCUT2D eigenvalue weighted by Crippen LogP contribution is 2.35. The van der Waals surface area contributed by atoms with Gasteiger partial charge >= 0.3 is 6.03 Å². The van der Waals surface area contributed by atoms with Crippen LogP contribution in [0.1, 0.15) is 5.56 Å². The molecule has 0 saturated carbocycles. The Morgan fingerprint density at radius 2 is 1.73 bits per heavy atom. The van der Waals surface area contributed by atoms with E-state index in [4.69, 9.17) is 16.3 Å². The predicted molar refractivity (Wildman–Crippen MR) is 143 cm³/mol. The summed E-state index contributed by atoms with van der Waals surface area (Å²) in [4.78, 5) is 51.3. The Balaban J connectivity index is 1.61. The van der Waals surface area contributed by atoms with Crippen molar-refractivity contribution >= 4 is 84.7 Å². The molecule has 8 nitrogen and oxygen atoms in total. The second-order valence-corrected chi connectivity index (χ2v) is 9.79. The van der Waals surface area contributed by atoms with Gasteiger partial charge in [0, 0.05) is 20.7 Å². The molecule has 0 atom stereocenters. The van der Waals surface area contributed by atoms with E-state index in [1.807, 2.05) is 0 Å². The van der Waals surface area contributed by atoms with Crippen LogP contribution in [0, 0.1) is 5.82 Å². The SMILES string of the molecule is O=C(COc1c(Br)cc(Br)cc1/C=C1\C(=O)NC(=O)N(c2ccc(F)cc2)C1=O)Nc1ccc(Cl)cc1. The second kappa shape index (κ2) is 11.2. The first-order valence-corrected chi connectivity index (χ1v) is 12.4. The van der Waals surface area contributed by atoms with Gasteiger partial charge in [-0.25, -0.2) is 14.1 Å². The minimum absolute atomic E-state index is 0.0769. The van der Waals surface area contributed by atoms with Gasteiger partial charge in [0.2, 0.25) is 0 Å². The number of carbonyl (C=O) groups is 4. The molecule has 0 spiro atoms. The summed E-state index contributed by atoms with van der Waals surface area (Å²) in [7, 11) is 0. The molecule has 2 N–H and O–H groups in total. The quantitative estimate of drug-likeness (QED) is 0.264. The Kier molecular flexibility index (Phi) is 8.06. The molecular formula is C25H15Br2ClFN3O5. The van der Waals surface area contributed by atoms with Crippen LogP contribution in [-0.4, -0.2) is 30.4 Å². The predicted octanol–water partition coefficient (Wildman–Crippen LogP) is 5.69. The van der Waals surface area contributed by atoms with Crippen molar-refractivity contribution in [3.8, 4) is 5.75 Å². The maximum atomic E-state index is 13.3. The fraction of sp³-hybridized carbons (Fsp3) is 0.0400. The number of rotatable bonds is 6. The minimum atomic E-state index is -0.968. The van der Waals surface area contributed by atoms with E-state index in [0.717, 1.165) is 17.0 Å². The lowest BCUT2D eigenvalue weighted by Gasteiger charge is -2.26.